The van der Waals surface area contributed by atoms with Crippen molar-refractivity contribution in [3.8, 4) is 0 Å². The van der Waals surface area contributed by atoms with Gasteiger partial charge in [-0.2, -0.15) is 0 Å². The van der Waals surface area contributed by atoms with Crippen molar-refractivity contribution in [2.45, 2.75) is 50.6 Å². The van der Waals surface area contributed by atoms with E-state index in [0.29, 0.717) is 12.5 Å². The fraction of sp³-hybridized carbons (Fsp3) is 0.667. The van der Waals surface area contributed by atoms with Crippen molar-refractivity contribution in [2.24, 2.45) is 0 Å². The monoisotopic (exact) mass is 278 g/mol. The molecule has 1 aliphatic carbocycles. The van der Waals surface area contributed by atoms with E-state index in [4.69, 9.17) is 0 Å². The van der Waals surface area contributed by atoms with Crippen LogP contribution in [-0.2, 0) is 11.2 Å². The molecule has 1 aliphatic heterocycles. The molecule has 1 aromatic rings. The molecular formula is C15H22N2OS. The highest BCUT2D eigenvalue weighted by Crippen LogP contribution is 2.26. The fourth-order valence-corrected chi connectivity index (χ4v) is 4.06. The summed E-state index contributed by atoms with van der Waals surface area (Å²) in [5, 5.41) is 5.22. The highest BCUT2D eigenvalue weighted by atomic mass is 32.1. The largest absolute Gasteiger partial charge is 0.352 e. The molecule has 1 saturated heterocycles. The Morgan fingerprint density at radius 3 is 2.95 bits per heavy atom. The topological polar surface area (TPSA) is 32.3 Å². The third-order valence-electron chi connectivity index (χ3n) is 4.34. The number of nitrogens with one attached hydrogen (secondary N) is 1. The molecule has 2 heterocycles. The van der Waals surface area contributed by atoms with Gasteiger partial charge >= 0.3 is 0 Å². The molecule has 1 unspecified atom stereocenters. The maximum Gasteiger partial charge on any atom is 0.225 e. The second-order valence-corrected chi connectivity index (χ2v) is 6.77. The summed E-state index contributed by atoms with van der Waals surface area (Å²) >= 11 is 1.66. The SMILES string of the molecule is O=C(Cc1cccs1)NC1CCN(C2CCCC2)C1. The second kappa shape index (κ2) is 6.06. The van der Waals surface area contributed by atoms with E-state index in [0.717, 1.165) is 30.4 Å². The molecule has 0 radical (unpaired) electrons. The van der Waals surface area contributed by atoms with E-state index >= 15 is 0 Å². The molecule has 1 atom stereocenters. The zero-order valence-electron chi connectivity index (χ0n) is 11.3. The molecule has 2 aliphatic rings. The van der Waals surface area contributed by atoms with Gasteiger partial charge in [-0.3, -0.25) is 9.69 Å². The van der Waals surface area contributed by atoms with Gasteiger partial charge in [0.1, 0.15) is 0 Å². The summed E-state index contributed by atoms with van der Waals surface area (Å²) in [6.45, 7) is 2.22. The Hall–Kier alpha value is -0.870. The molecule has 19 heavy (non-hydrogen) atoms. The lowest BCUT2D eigenvalue weighted by molar-refractivity contribution is -0.121. The minimum absolute atomic E-state index is 0.181. The predicted molar refractivity (Wildman–Crippen MR) is 78.4 cm³/mol. The summed E-state index contributed by atoms with van der Waals surface area (Å²) < 4.78 is 0. The Morgan fingerprint density at radius 2 is 2.21 bits per heavy atom. The molecule has 1 N–H and O–H groups in total. The Kier molecular flexibility index (Phi) is 4.18. The van der Waals surface area contributed by atoms with E-state index in [2.05, 4.69) is 10.2 Å². The predicted octanol–water partition coefficient (Wildman–Crippen LogP) is 2.42. The van der Waals surface area contributed by atoms with Crippen molar-refractivity contribution >= 4 is 17.2 Å². The first kappa shape index (κ1) is 13.1. The molecular weight excluding hydrogens is 256 g/mol. The number of hydrogen-bond acceptors (Lipinski definition) is 3. The van der Waals surface area contributed by atoms with E-state index in [1.165, 1.54) is 25.7 Å². The Labute approximate surface area is 119 Å². The van der Waals surface area contributed by atoms with Gasteiger partial charge in [0.2, 0.25) is 5.91 Å². The molecule has 1 saturated carbocycles. The van der Waals surface area contributed by atoms with Crippen molar-refractivity contribution in [3.05, 3.63) is 22.4 Å². The minimum atomic E-state index is 0.181. The number of thiophene rings is 1. The highest BCUT2D eigenvalue weighted by molar-refractivity contribution is 7.10. The van der Waals surface area contributed by atoms with Gasteiger partial charge < -0.3 is 5.32 Å². The van der Waals surface area contributed by atoms with Crippen molar-refractivity contribution in [1.82, 2.24) is 10.2 Å². The van der Waals surface area contributed by atoms with Gasteiger partial charge in [0.15, 0.2) is 0 Å². The van der Waals surface area contributed by atoms with Gasteiger partial charge in [-0.25, -0.2) is 0 Å². The van der Waals surface area contributed by atoms with E-state index < -0.39 is 0 Å². The first-order valence-electron chi connectivity index (χ1n) is 7.37. The number of amides is 1. The lowest BCUT2D eigenvalue weighted by Crippen LogP contribution is -2.39. The lowest BCUT2D eigenvalue weighted by atomic mass is 10.2. The van der Waals surface area contributed by atoms with Gasteiger partial charge in [-0.15, -0.1) is 11.3 Å². The first-order valence-corrected chi connectivity index (χ1v) is 8.25. The summed E-state index contributed by atoms with van der Waals surface area (Å²) in [7, 11) is 0. The average Bonchev–Trinajstić information content (AvgIpc) is 3.09. The van der Waals surface area contributed by atoms with Gasteiger partial charge in [-0.05, 0) is 30.7 Å². The van der Waals surface area contributed by atoms with Crippen LogP contribution in [0, 0.1) is 0 Å². The van der Waals surface area contributed by atoms with Crippen LogP contribution in [0.4, 0.5) is 0 Å². The molecule has 3 rings (SSSR count). The summed E-state index contributed by atoms with van der Waals surface area (Å²) in [6.07, 6.45) is 7.14. The van der Waals surface area contributed by atoms with E-state index in [1.54, 1.807) is 11.3 Å². The summed E-state index contributed by atoms with van der Waals surface area (Å²) in [5.74, 6) is 0.181. The van der Waals surface area contributed by atoms with Crippen LogP contribution in [0.5, 0.6) is 0 Å². The Morgan fingerprint density at radius 1 is 1.37 bits per heavy atom. The summed E-state index contributed by atoms with van der Waals surface area (Å²) in [4.78, 5) is 15.7. The number of likely N-dealkylation sites (tertiary alicyclic amines) is 1. The van der Waals surface area contributed by atoms with Crippen molar-refractivity contribution in [1.29, 1.82) is 0 Å². The Bertz CT molecular complexity index is 412. The number of carbonyl (C=O) groups is 1. The first-order chi connectivity index (χ1) is 9.31. The van der Waals surface area contributed by atoms with Crippen molar-refractivity contribution in [3.63, 3.8) is 0 Å². The Balaban J connectivity index is 1.44. The normalized spacial score (nSPS) is 24.9. The standard InChI is InChI=1S/C15H22N2OS/c18-15(10-14-6-3-9-19-14)16-12-7-8-17(11-12)13-4-1-2-5-13/h3,6,9,12-13H,1-2,4-5,7-8,10-11H2,(H,16,18). The summed E-state index contributed by atoms with van der Waals surface area (Å²) in [6, 6.07) is 5.20. The maximum atomic E-state index is 12.0. The lowest BCUT2D eigenvalue weighted by Gasteiger charge is -2.23. The van der Waals surface area contributed by atoms with Crippen molar-refractivity contribution in [2.75, 3.05) is 13.1 Å². The number of rotatable bonds is 4. The molecule has 0 bridgehead atoms. The molecule has 104 valence electrons. The van der Waals surface area contributed by atoms with Gasteiger partial charge in [0.25, 0.3) is 0 Å². The quantitative estimate of drug-likeness (QED) is 0.917. The van der Waals surface area contributed by atoms with E-state index in [1.807, 2.05) is 17.5 Å². The third kappa shape index (κ3) is 3.37. The molecule has 3 nitrogen and oxygen atoms in total. The highest BCUT2D eigenvalue weighted by Gasteiger charge is 2.30. The number of nitrogens with zero attached hydrogens (tertiary/aromatic N) is 1. The number of hydrogen-bond donors (Lipinski definition) is 1. The van der Waals surface area contributed by atoms with Crippen LogP contribution in [0.1, 0.15) is 37.0 Å². The molecule has 2 fully saturated rings. The van der Waals surface area contributed by atoms with Gasteiger partial charge in [0.05, 0.1) is 6.42 Å². The van der Waals surface area contributed by atoms with Crippen LogP contribution in [-0.4, -0.2) is 36.0 Å². The van der Waals surface area contributed by atoms with Crippen LogP contribution in [0.25, 0.3) is 0 Å². The zero-order chi connectivity index (χ0) is 13.1. The smallest absolute Gasteiger partial charge is 0.225 e. The minimum Gasteiger partial charge on any atom is -0.352 e. The number of carbonyl (C=O) groups excluding carboxylic acids is 1. The molecule has 4 heteroatoms. The maximum absolute atomic E-state index is 12.0. The molecule has 1 amide bonds. The summed E-state index contributed by atoms with van der Waals surface area (Å²) in [5.41, 5.74) is 0. The van der Waals surface area contributed by atoms with Crippen LogP contribution < -0.4 is 5.32 Å². The van der Waals surface area contributed by atoms with Crippen molar-refractivity contribution < 1.29 is 4.79 Å². The van der Waals surface area contributed by atoms with Crippen LogP contribution >= 0.6 is 11.3 Å². The van der Waals surface area contributed by atoms with Crippen LogP contribution in [0.2, 0.25) is 0 Å². The van der Waals surface area contributed by atoms with Crippen LogP contribution in [0.3, 0.4) is 0 Å². The second-order valence-electron chi connectivity index (χ2n) is 5.74. The van der Waals surface area contributed by atoms with Gasteiger partial charge in [0, 0.05) is 30.1 Å². The zero-order valence-corrected chi connectivity index (χ0v) is 12.1. The average molecular weight is 278 g/mol. The van der Waals surface area contributed by atoms with Crippen LogP contribution in [0.15, 0.2) is 17.5 Å². The molecule has 0 aromatic carbocycles. The van der Waals surface area contributed by atoms with E-state index in [9.17, 15) is 4.79 Å². The van der Waals surface area contributed by atoms with E-state index in [-0.39, 0.29) is 5.91 Å². The van der Waals surface area contributed by atoms with Gasteiger partial charge in [-0.1, -0.05) is 18.9 Å². The third-order valence-corrected chi connectivity index (χ3v) is 5.22. The molecule has 1 aromatic heterocycles. The fourth-order valence-electron chi connectivity index (χ4n) is 3.36. The molecule has 0 spiro atoms.